The molecule has 2 heterocycles. The van der Waals surface area contributed by atoms with Gasteiger partial charge in [0.25, 0.3) is 0 Å². The van der Waals surface area contributed by atoms with Gasteiger partial charge in [0.1, 0.15) is 5.76 Å². The fourth-order valence-corrected chi connectivity index (χ4v) is 1.10. The van der Waals surface area contributed by atoms with Gasteiger partial charge in [-0.15, -0.1) is 0 Å². The molecule has 0 saturated carbocycles. The third-order valence-corrected chi connectivity index (χ3v) is 1.62. The molecule has 0 amide bonds. The molecule has 2 nitrogen and oxygen atoms in total. The maximum Gasteiger partial charge on any atom is 0.169 e. The Balaban J connectivity index is 2.39. The van der Waals surface area contributed by atoms with E-state index in [9.17, 15) is 0 Å². The van der Waals surface area contributed by atoms with Crippen molar-refractivity contribution in [3.8, 4) is 0 Å². The minimum atomic E-state index is 0.947. The van der Waals surface area contributed by atoms with Crippen molar-refractivity contribution < 1.29 is 4.42 Å². The summed E-state index contributed by atoms with van der Waals surface area (Å²) < 4.78 is 5.09. The Kier molecular flexibility index (Phi) is 1.06. The zero-order chi connectivity index (χ0) is 6.10. The molecule has 0 unspecified atom stereocenters. The van der Waals surface area contributed by atoms with E-state index in [2.05, 4.69) is 11.6 Å². The van der Waals surface area contributed by atoms with Crippen LogP contribution in [0.4, 0.5) is 0 Å². The summed E-state index contributed by atoms with van der Waals surface area (Å²) in [5, 5.41) is 3.25. The molecule has 9 heavy (non-hydrogen) atoms. The van der Waals surface area contributed by atoms with Crippen molar-refractivity contribution in [2.24, 2.45) is 0 Å². The zero-order valence-corrected chi connectivity index (χ0v) is 5.11. The summed E-state index contributed by atoms with van der Waals surface area (Å²) in [5.41, 5.74) is 1.27. The van der Waals surface area contributed by atoms with Crippen molar-refractivity contribution in [1.29, 1.82) is 0 Å². The van der Waals surface area contributed by atoms with Crippen LogP contribution >= 0.6 is 0 Å². The molecule has 1 N–H and O–H groups in total. The van der Waals surface area contributed by atoms with Crippen molar-refractivity contribution in [3.05, 3.63) is 23.7 Å². The number of hydrogen-bond donors (Lipinski definition) is 1. The Morgan fingerprint density at radius 2 is 2.67 bits per heavy atom. The van der Waals surface area contributed by atoms with Gasteiger partial charge in [-0.25, -0.2) is 0 Å². The smallest absolute Gasteiger partial charge is 0.169 e. The summed E-state index contributed by atoms with van der Waals surface area (Å²) in [7, 11) is 0. The molecule has 1 aliphatic rings. The number of nitrogens with one attached hydrogen (secondary N) is 1. The average molecular weight is 122 g/mol. The summed E-state index contributed by atoms with van der Waals surface area (Å²) in [6.45, 7) is 1.98. The van der Waals surface area contributed by atoms with E-state index in [0.29, 0.717) is 0 Å². The lowest BCUT2D eigenvalue weighted by molar-refractivity contribution is 0.469. The lowest BCUT2D eigenvalue weighted by atomic mass is 10.1. The molecular weight excluding hydrogens is 114 g/mol. The molecule has 0 saturated heterocycles. The van der Waals surface area contributed by atoms with E-state index in [0.717, 1.165) is 25.3 Å². The maximum atomic E-state index is 5.09. The first-order chi connectivity index (χ1) is 4.47. The van der Waals surface area contributed by atoms with E-state index < -0.39 is 0 Å². The molecule has 1 aromatic heterocycles. The van der Waals surface area contributed by atoms with Crippen LogP contribution in [0.5, 0.6) is 0 Å². The second kappa shape index (κ2) is 1.88. The average Bonchev–Trinajstić information content (AvgIpc) is 2.33. The van der Waals surface area contributed by atoms with Crippen LogP contribution in [0.2, 0.25) is 0 Å². The van der Waals surface area contributed by atoms with Crippen LogP contribution in [0.1, 0.15) is 11.3 Å². The second-order valence-electron chi connectivity index (χ2n) is 2.24. The predicted molar refractivity (Wildman–Crippen MR) is 33.0 cm³/mol. The second-order valence-corrected chi connectivity index (χ2v) is 2.24. The van der Waals surface area contributed by atoms with E-state index in [1.165, 1.54) is 5.56 Å². The summed E-state index contributed by atoms with van der Waals surface area (Å²) in [6.07, 6.45) is 3.74. The van der Waals surface area contributed by atoms with Gasteiger partial charge in [-0.05, 0) is 6.07 Å². The van der Waals surface area contributed by atoms with Crippen LogP contribution < -0.4 is 5.32 Å². The first-order valence-electron chi connectivity index (χ1n) is 3.15. The van der Waals surface area contributed by atoms with Crippen LogP contribution in [-0.4, -0.2) is 6.54 Å². The third kappa shape index (κ3) is 0.754. The number of fused-ring (bicyclic) bond motifs is 1. The van der Waals surface area contributed by atoms with Crippen LogP contribution in [0.3, 0.4) is 0 Å². The lowest BCUT2D eigenvalue weighted by Gasteiger charge is -2.09. The molecular formula is C7H8NO. The summed E-state index contributed by atoms with van der Waals surface area (Å²) >= 11 is 0. The molecule has 0 aromatic carbocycles. The van der Waals surface area contributed by atoms with Crippen molar-refractivity contribution >= 4 is 0 Å². The quantitative estimate of drug-likeness (QED) is 0.548. The van der Waals surface area contributed by atoms with Crippen molar-refractivity contribution in [2.45, 2.75) is 13.0 Å². The minimum Gasteiger partial charge on any atom is -0.457 e. The van der Waals surface area contributed by atoms with E-state index >= 15 is 0 Å². The minimum absolute atomic E-state index is 0.947. The first-order valence-corrected chi connectivity index (χ1v) is 3.15. The molecule has 0 bridgehead atoms. The molecule has 47 valence electrons. The van der Waals surface area contributed by atoms with Gasteiger partial charge in [0.15, 0.2) is 6.26 Å². The molecule has 0 fully saturated rings. The Morgan fingerprint density at radius 1 is 1.67 bits per heavy atom. The van der Waals surface area contributed by atoms with Gasteiger partial charge >= 0.3 is 0 Å². The highest BCUT2D eigenvalue weighted by Gasteiger charge is 2.09. The molecule has 0 spiro atoms. The van der Waals surface area contributed by atoms with Crippen LogP contribution in [0.15, 0.2) is 10.5 Å². The zero-order valence-electron chi connectivity index (χ0n) is 5.11. The molecule has 1 radical (unpaired) electrons. The van der Waals surface area contributed by atoms with E-state index in [-0.39, 0.29) is 0 Å². The summed E-state index contributed by atoms with van der Waals surface area (Å²) in [6, 6.07) is 1.90. The van der Waals surface area contributed by atoms with Gasteiger partial charge in [0, 0.05) is 25.1 Å². The highest BCUT2D eigenvalue weighted by Crippen LogP contribution is 2.12. The van der Waals surface area contributed by atoms with Gasteiger partial charge in [-0.2, -0.15) is 0 Å². The number of rotatable bonds is 0. The maximum absolute atomic E-state index is 5.09. The monoisotopic (exact) mass is 122 g/mol. The van der Waals surface area contributed by atoms with Crippen molar-refractivity contribution in [3.63, 3.8) is 0 Å². The summed E-state index contributed by atoms with van der Waals surface area (Å²) in [4.78, 5) is 0. The topological polar surface area (TPSA) is 25.2 Å². The molecule has 2 heteroatoms. The standard InChI is InChI=1S/C7H8NO/c1-3-8-5-6-2-4-9-7(1)6/h2,8H,1,3,5H2. The van der Waals surface area contributed by atoms with Gasteiger partial charge in [-0.3, -0.25) is 0 Å². The Morgan fingerprint density at radius 3 is 3.56 bits per heavy atom. The highest BCUT2D eigenvalue weighted by atomic mass is 16.3. The molecule has 0 atom stereocenters. The van der Waals surface area contributed by atoms with Crippen molar-refractivity contribution in [1.82, 2.24) is 5.32 Å². The van der Waals surface area contributed by atoms with Crippen LogP contribution in [-0.2, 0) is 13.0 Å². The molecule has 1 aliphatic heterocycles. The Labute approximate surface area is 53.9 Å². The van der Waals surface area contributed by atoms with Gasteiger partial charge in [0.2, 0.25) is 0 Å². The molecule has 0 aliphatic carbocycles. The van der Waals surface area contributed by atoms with Gasteiger partial charge in [0.05, 0.1) is 0 Å². The third-order valence-electron chi connectivity index (χ3n) is 1.62. The SMILES string of the molecule is [c]1cc2c(o1)CCNC2. The highest BCUT2D eigenvalue weighted by molar-refractivity contribution is 5.18. The van der Waals surface area contributed by atoms with Crippen LogP contribution in [0, 0.1) is 6.26 Å². The lowest BCUT2D eigenvalue weighted by Crippen LogP contribution is -2.22. The molecule has 2 rings (SSSR count). The molecule has 1 aromatic rings. The Bertz CT molecular complexity index is 184. The fourth-order valence-electron chi connectivity index (χ4n) is 1.10. The van der Waals surface area contributed by atoms with E-state index in [1.54, 1.807) is 0 Å². The first kappa shape index (κ1) is 5.06. The predicted octanol–water partition coefficient (Wildman–Crippen LogP) is 0.725. The normalized spacial score (nSPS) is 17.3. The van der Waals surface area contributed by atoms with Crippen LogP contribution in [0.25, 0.3) is 0 Å². The van der Waals surface area contributed by atoms with Gasteiger partial charge in [-0.1, -0.05) is 0 Å². The fraction of sp³-hybridized carbons (Fsp3) is 0.429. The number of furan rings is 1. The number of hydrogen-bond acceptors (Lipinski definition) is 2. The van der Waals surface area contributed by atoms with E-state index in [4.69, 9.17) is 4.42 Å². The van der Waals surface area contributed by atoms with Gasteiger partial charge < -0.3 is 9.73 Å². The van der Waals surface area contributed by atoms with E-state index in [1.807, 2.05) is 6.07 Å². The van der Waals surface area contributed by atoms with Crippen molar-refractivity contribution in [2.75, 3.05) is 6.54 Å². The largest absolute Gasteiger partial charge is 0.457 e. The Hall–Kier alpha value is -0.760. The summed E-state index contributed by atoms with van der Waals surface area (Å²) in [5.74, 6) is 1.11.